The Bertz CT molecular complexity index is 1550. The Labute approximate surface area is 251 Å². The number of carbonyl (C=O) groups excluding carboxylic acids is 2. The Hall–Kier alpha value is -4.72. The van der Waals surface area contributed by atoms with Crippen molar-refractivity contribution in [1.82, 2.24) is 10.3 Å². The second-order valence-corrected chi connectivity index (χ2v) is 11.0. The van der Waals surface area contributed by atoms with Gasteiger partial charge >= 0.3 is 5.97 Å². The van der Waals surface area contributed by atoms with Gasteiger partial charge in [-0.2, -0.15) is 0 Å². The number of nitrogens with two attached hydrogens (primary N) is 1. The Morgan fingerprint density at radius 2 is 1.79 bits per heavy atom. The molecule has 0 aliphatic carbocycles. The van der Waals surface area contributed by atoms with Gasteiger partial charge in [0.1, 0.15) is 24.7 Å². The van der Waals surface area contributed by atoms with Gasteiger partial charge in [-0.05, 0) is 50.6 Å². The third kappa shape index (κ3) is 8.19. The molecule has 0 saturated heterocycles. The monoisotopic (exact) mass is 615 g/mol. The molecule has 3 rings (SSSR count). The highest BCUT2D eigenvalue weighted by atomic mass is 32.2. The van der Waals surface area contributed by atoms with Gasteiger partial charge in [0.15, 0.2) is 17.3 Å². The number of anilines is 1. The molecule has 14 heteroatoms. The minimum Gasteiger partial charge on any atom is -0.493 e. The summed E-state index contributed by atoms with van der Waals surface area (Å²) in [6.45, 7) is 11.0. The number of methoxy groups -OCH3 is 1. The van der Waals surface area contributed by atoms with Crippen molar-refractivity contribution in [2.75, 3.05) is 31.7 Å². The molecule has 43 heavy (non-hydrogen) atoms. The first-order valence-corrected chi connectivity index (χ1v) is 15.0. The average Bonchev–Trinajstić information content (AvgIpc) is 2.95. The number of sulfonamides is 1. The Kier molecular flexibility index (Phi) is 11.0. The number of hydrogen-bond acceptors (Lipinski definition) is 11. The van der Waals surface area contributed by atoms with Crippen molar-refractivity contribution in [2.45, 2.75) is 45.4 Å². The van der Waals surface area contributed by atoms with Crippen LogP contribution in [0, 0.1) is 0 Å². The summed E-state index contributed by atoms with van der Waals surface area (Å²) in [5.74, 6) is 0.0154. The molecule has 0 saturated carbocycles. The fourth-order valence-electron chi connectivity index (χ4n) is 4.08. The maximum absolute atomic E-state index is 13.5. The number of amides is 1. The highest BCUT2D eigenvalue weighted by Crippen LogP contribution is 2.32. The number of nitrogens with one attached hydrogen (secondary N) is 2. The zero-order chi connectivity index (χ0) is 31.7. The first kappa shape index (κ1) is 32.8. The van der Waals surface area contributed by atoms with E-state index in [1.807, 2.05) is 6.92 Å². The van der Waals surface area contributed by atoms with Crippen LogP contribution in [-0.4, -0.2) is 58.1 Å². The van der Waals surface area contributed by atoms with Crippen LogP contribution in [0.1, 0.15) is 46.1 Å². The molecule has 13 nitrogen and oxygen atoms in total. The van der Waals surface area contributed by atoms with E-state index in [0.717, 1.165) is 6.42 Å². The summed E-state index contributed by atoms with van der Waals surface area (Å²) in [4.78, 5) is 24.0. The molecule has 1 aliphatic rings. The second-order valence-electron chi connectivity index (χ2n) is 9.31. The maximum atomic E-state index is 13.5. The van der Waals surface area contributed by atoms with Crippen LogP contribution in [0.25, 0.3) is 0 Å². The van der Waals surface area contributed by atoms with Gasteiger partial charge in [-0.3, -0.25) is 14.3 Å². The van der Waals surface area contributed by atoms with E-state index in [0.29, 0.717) is 23.6 Å². The van der Waals surface area contributed by atoms with Gasteiger partial charge in [0.25, 0.3) is 15.9 Å². The highest BCUT2D eigenvalue weighted by Gasteiger charge is 2.30. The molecular weight excluding hydrogens is 578 g/mol. The average molecular weight is 616 g/mol. The van der Waals surface area contributed by atoms with E-state index in [1.165, 1.54) is 55.4 Å². The molecule has 1 heterocycles. The molecule has 1 aliphatic heterocycles. The highest BCUT2D eigenvalue weighted by molar-refractivity contribution is 7.92. The zero-order valence-corrected chi connectivity index (χ0v) is 25.7. The van der Waals surface area contributed by atoms with Crippen molar-refractivity contribution in [3.05, 3.63) is 65.6 Å². The molecule has 0 aromatic heterocycles. The summed E-state index contributed by atoms with van der Waals surface area (Å²) >= 11 is 0. The van der Waals surface area contributed by atoms with E-state index in [4.69, 9.17) is 24.7 Å². The van der Waals surface area contributed by atoms with Crippen molar-refractivity contribution in [2.24, 2.45) is 10.8 Å². The molecule has 0 fully saturated rings. The van der Waals surface area contributed by atoms with Crippen LogP contribution in [0.4, 0.5) is 5.69 Å². The number of rotatable bonds is 14. The summed E-state index contributed by atoms with van der Waals surface area (Å²) in [6, 6.07) is 8.73. The van der Waals surface area contributed by atoms with Gasteiger partial charge in [0.05, 0.1) is 29.9 Å². The molecule has 0 radical (unpaired) electrons. The first-order chi connectivity index (χ1) is 20.4. The molecule has 1 amide bonds. The third-order valence-corrected chi connectivity index (χ3v) is 7.33. The molecular formula is C29H37N5O8S. The van der Waals surface area contributed by atoms with Crippen LogP contribution in [0.3, 0.4) is 0 Å². The van der Waals surface area contributed by atoms with Gasteiger partial charge in [-0.1, -0.05) is 19.9 Å². The molecule has 232 valence electrons. The maximum Gasteiger partial charge on any atom is 0.302 e. The molecule has 4 N–H and O–H groups in total. The van der Waals surface area contributed by atoms with Crippen molar-refractivity contribution >= 4 is 33.4 Å². The topological polar surface area (TPSA) is 171 Å². The molecule has 2 aromatic rings. The lowest BCUT2D eigenvalue weighted by atomic mass is 10.1. The van der Waals surface area contributed by atoms with Crippen molar-refractivity contribution in [3.63, 3.8) is 0 Å². The quantitative estimate of drug-likeness (QED) is 0.162. The van der Waals surface area contributed by atoms with Gasteiger partial charge in [0, 0.05) is 24.4 Å². The molecule has 0 atom stereocenters. The predicted octanol–water partition coefficient (Wildman–Crippen LogP) is 3.43. The van der Waals surface area contributed by atoms with E-state index >= 15 is 0 Å². The number of nitrogens with zero attached hydrogens (tertiary/aromatic N) is 2. The summed E-state index contributed by atoms with van der Waals surface area (Å²) in [5.41, 5.74) is 7.35. The van der Waals surface area contributed by atoms with Crippen molar-refractivity contribution in [3.8, 4) is 17.2 Å². The van der Waals surface area contributed by atoms with E-state index < -0.39 is 21.9 Å². The first-order valence-electron chi connectivity index (χ1n) is 13.5. The second kappa shape index (κ2) is 14.4. The van der Waals surface area contributed by atoms with E-state index in [2.05, 4.69) is 21.7 Å². The van der Waals surface area contributed by atoms with Crippen molar-refractivity contribution < 1.29 is 37.0 Å². The summed E-state index contributed by atoms with van der Waals surface area (Å²) in [6.07, 6.45) is 1.31. The summed E-state index contributed by atoms with van der Waals surface area (Å²) in [5, 5.41) is 8.66. The SMILES string of the molecule is C=C(CCC)N1N=C(c2cc(S(=O)(=O)Nc3ccc(OC)c(OCCOC(C)=O)c3)ccc2OCC)NC(=O)/C1=C(\C)N. The van der Waals surface area contributed by atoms with Gasteiger partial charge in [-0.25, -0.2) is 13.4 Å². The van der Waals surface area contributed by atoms with Crippen LogP contribution in [0.15, 0.2) is 70.1 Å². The lowest BCUT2D eigenvalue weighted by Crippen LogP contribution is -2.44. The normalized spacial score (nSPS) is 14.3. The van der Waals surface area contributed by atoms with E-state index in [1.54, 1.807) is 13.8 Å². The van der Waals surface area contributed by atoms with E-state index in [9.17, 15) is 18.0 Å². The van der Waals surface area contributed by atoms with Gasteiger partial charge in [-0.15, -0.1) is 5.10 Å². The molecule has 0 spiro atoms. The van der Waals surface area contributed by atoms with Crippen molar-refractivity contribution in [1.29, 1.82) is 0 Å². The van der Waals surface area contributed by atoms with Crippen LogP contribution in [-0.2, 0) is 24.3 Å². The molecule has 2 aromatic carbocycles. The Morgan fingerprint density at radius 3 is 2.42 bits per heavy atom. The number of esters is 1. The predicted molar refractivity (Wildman–Crippen MR) is 161 cm³/mol. The van der Waals surface area contributed by atoms with E-state index in [-0.39, 0.29) is 58.9 Å². The van der Waals surface area contributed by atoms with Crippen LogP contribution in [0.2, 0.25) is 0 Å². The lowest BCUT2D eigenvalue weighted by Gasteiger charge is -2.30. The number of allylic oxidation sites excluding steroid dienone is 2. The number of benzene rings is 2. The van der Waals surface area contributed by atoms with Gasteiger partial charge in [0.2, 0.25) is 0 Å². The third-order valence-electron chi connectivity index (χ3n) is 5.95. The Morgan fingerprint density at radius 1 is 1.07 bits per heavy atom. The number of carbonyl (C=O) groups is 2. The number of hydrazone groups is 1. The molecule has 0 unspecified atom stereocenters. The molecule has 0 bridgehead atoms. The standard InChI is InChI=1S/C29H37N5O8S/c1-7-9-18(3)34-27(19(4)30)29(36)31-28(32-34)23-17-22(11-13-24(23)40-8-2)43(37,38)33-21-10-12-25(39-6)26(16-21)42-15-14-41-20(5)35/h10-13,16-17,33H,3,7-9,14-15,30H2,1-2,4-6H3,(H,31,32,36)/b27-19-. The fraction of sp³-hybridized carbons (Fsp3) is 0.345. The minimum absolute atomic E-state index is 0.00910. The largest absolute Gasteiger partial charge is 0.493 e. The summed E-state index contributed by atoms with van der Waals surface area (Å²) < 4.78 is 51.1. The number of amidine groups is 1. The lowest BCUT2D eigenvalue weighted by molar-refractivity contribution is -0.141. The zero-order valence-electron chi connectivity index (χ0n) is 24.9. The van der Waals surface area contributed by atoms with Crippen LogP contribution in [0.5, 0.6) is 17.2 Å². The van der Waals surface area contributed by atoms with Gasteiger partial charge < -0.3 is 30.0 Å². The number of ether oxygens (including phenoxy) is 4. The fourth-order valence-corrected chi connectivity index (χ4v) is 5.15. The van der Waals surface area contributed by atoms with Crippen LogP contribution >= 0.6 is 0 Å². The van der Waals surface area contributed by atoms with Crippen LogP contribution < -0.4 is 30.0 Å². The number of hydrogen-bond donors (Lipinski definition) is 3. The summed E-state index contributed by atoms with van der Waals surface area (Å²) in [7, 11) is -2.71. The minimum atomic E-state index is -4.15. The smallest absolute Gasteiger partial charge is 0.302 e. The Balaban J connectivity index is 2.00.